The molecule has 0 atom stereocenters. The predicted molar refractivity (Wildman–Crippen MR) is 130 cm³/mol. The Balaban J connectivity index is 1.60. The number of hydrogen-bond donors (Lipinski definition) is 1. The Morgan fingerprint density at radius 3 is 2.48 bits per heavy atom. The van der Waals surface area contributed by atoms with Crippen LogP contribution in [0.5, 0.6) is 11.5 Å². The summed E-state index contributed by atoms with van der Waals surface area (Å²) in [7, 11) is 0. The summed E-state index contributed by atoms with van der Waals surface area (Å²) in [5.41, 5.74) is 8.99. The molecular weight excluding hydrogens is 430 g/mol. The Kier molecular flexibility index (Phi) is 8.82. The zero-order chi connectivity index (χ0) is 21.9. The monoisotopic (exact) mass is 453 g/mol. The number of thioether (sulfide) groups is 1. The lowest BCUT2D eigenvalue weighted by Gasteiger charge is -2.12. The summed E-state index contributed by atoms with van der Waals surface area (Å²) in [6.07, 6.45) is 1.64. The van der Waals surface area contributed by atoms with Crippen LogP contribution in [-0.2, 0) is 12.4 Å². The van der Waals surface area contributed by atoms with Crippen molar-refractivity contribution in [3.8, 4) is 11.5 Å². The number of rotatable bonds is 9. The molecule has 0 spiro atoms. The van der Waals surface area contributed by atoms with Gasteiger partial charge in [0.2, 0.25) is 0 Å². The molecule has 0 saturated carbocycles. The van der Waals surface area contributed by atoms with Crippen LogP contribution in [0.3, 0.4) is 0 Å². The molecule has 0 unspecified atom stereocenters. The van der Waals surface area contributed by atoms with Gasteiger partial charge in [0.15, 0.2) is 16.7 Å². The van der Waals surface area contributed by atoms with E-state index in [1.54, 1.807) is 6.21 Å². The summed E-state index contributed by atoms with van der Waals surface area (Å²) in [6.45, 7) is 2.88. The lowest BCUT2D eigenvalue weighted by molar-refractivity contribution is 0.269. The average Bonchev–Trinajstić information content (AvgIpc) is 2.79. The van der Waals surface area contributed by atoms with Crippen molar-refractivity contribution in [1.82, 2.24) is 0 Å². The van der Waals surface area contributed by atoms with E-state index < -0.39 is 0 Å². The number of nitrogens with two attached hydrogens (primary N) is 1. The van der Waals surface area contributed by atoms with Crippen LogP contribution in [-0.4, -0.2) is 18.0 Å². The minimum Gasteiger partial charge on any atom is -0.490 e. The van der Waals surface area contributed by atoms with Crippen molar-refractivity contribution in [1.29, 1.82) is 0 Å². The molecule has 0 heterocycles. The fourth-order valence-corrected chi connectivity index (χ4v) is 3.38. The van der Waals surface area contributed by atoms with Gasteiger partial charge in [0.1, 0.15) is 6.61 Å². The number of halogens is 1. The summed E-state index contributed by atoms with van der Waals surface area (Å²) in [5.74, 6) is 2.06. The fraction of sp³-hybridized carbons (Fsp3) is 0.167. The number of amidine groups is 1. The average molecular weight is 454 g/mol. The standard InChI is InChI=1S/C24H24ClN3O2S/c1-2-29-23-14-20(10-13-22(23)30-16-18-8-11-21(25)12-9-18)15-27-28-24(26)31-17-19-6-4-3-5-7-19/h3-15H,2,16-17H2,1H3,(H2,26,28). The van der Waals surface area contributed by atoms with Crippen LogP contribution in [0.2, 0.25) is 5.02 Å². The van der Waals surface area contributed by atoms with Crippen LogP contribution in [0.4, 0.5) is 0 Å². The maximum Gasteiger partial charge on any atom is 0.180 e. The molecule has 0 aliphatic carbocycles. The molecule has 0 aliphatic rings. The molecule has 0 bridgehead atoms. The van der Waals surface area contributed by atoms with E-state index in [9.17, 15) is 0 Å². The van der Waals surface area contributed by atoms with Crippen molar-refractivity contribution >= 4 is 34.7 Å². The van der Waals surface area contributed by atoms with Gasteiger partial charge in [-0.1, -0.05) is 65.8 Å². The molecule has 0 amide bonds. The molecule has 3 aromatic carbocycles. The second-order valence-electron chi connectivity index (χ2n) is 6.51. The molecule has 2 N–H and O–H groups in total. The first-order valence-electron chi connectivity index (χ1n) is 9.81. The van der Waals surface area contributed by atoms with E-state index >= 15 is 0 Å². The Labute approximate surface area is 191 Å². The maximum absolute atomic E-state index is 5.94. The minimum atomic E-state index is 0.410. The van der Waals surface area contributed by atoms with Crippen LogP contribution in [0.1, 0.15) is 23.6 Å². The molecule has 3 aromatic rings. The highest BCUT2D eigenvalue weighted by molar-refractivity contribution is 8.13. The molecule has 0 saturated heterocycles. The van der Waals surface area contributed by atoms with E-state index in [2.05, 4.69) is 22.3 Å². The van der Waals surface area contributed by atoms with Gasteiger partial charge in [-0.2, -0.15) is 5.10 Å². The Morgan fingerprint density at radius 2 is 1.74 bits per heavy atom. The minimum absolute atomic E-state index is 0.410. The van der Waals surface area contributed by atoms with Crippen LogP contribution in [0.15, 0.2) is 83.0 Å². The summed E-state index contributed by atoms with van der Waals surface area (Å²) in [5, 5.41) is 9.26. The highest BCUT2D eigenvalue weighted by Gasteiger charge is 2.07. The maximum atomic E-state index is 5.94. The molecule has 5 nitrogen and oxygen atoms in total. The van der Waals surface area contributed by atoms with Crippen molar-refractivity contribution in [3.63, 3.8) is 0 Å². The lowest BCUT2D eigenvalue weighted by atomic mass is 10.2. The summed E-state index contributed by atoms with van der Waals surface area (Å²) >= 11 is 7.37. The van der Waals surface area contributed by atoms with Gasteiger partial charge in [0, 0.05) is 10.8 Å². The summed E-state index contributed by atoms with van der Waals surface area (Å²) in [4.78, 5) is 0. The van der Waals surface area contributed by atoms with Crippen LogP contribution in [0.25, 0.3) is 0 Å². The topological polar surface area (TPSA) is 69.2 Å². The molecule has 0 aliphatic heterocycles. The third-order valence-electron chi connectivity index (χ3n) is 4.17. The van der Waals surface area contributed by atoms with Crippen LogP contribution >= 0.6 is 23.4 Å². The number of nitrogens with zero attached hydrogens (tertiary/aromatic N) is 2. The number of benzene rings is 3. The summed E-state index contributed by atoms with van der Waals surface area (Å²) < 4.78 is 11.7. The Morgan fingerprint density at radius 1 is 0.968 bits per heavy atom. The van der Waals surface area contributed by atoms with Crippen molar-refractivity contribution < 1.29 is 9.47 Å². The zero-order valence-electron chi connectivity index (χ0n) is 17.2. The smallest absolute Gasteiger partial charge is 0.180 e. The molecule has 0 aromatic heterocycles. The third kappa shape index (κ3) is 7.66. The zero-order valence-corrected chi connectivity index (χ0v) is 18.8. The normalized spacial score (nSPS) is 11.6. The van der Waals surface area contributed by atoms with E-state index in [0.29, 0.717) is 34.9 Å². The second-order valence-corrected chi connectivity index (χ2v) is 7.94. The van der Waals surface area contributed by atoms with Crippen molar-refractivity contribution in [2.24, 2.45) is 15.9 Å². The number of ether oxygens (including phenoxy) is 2. The first-order valence-corrected chi connectivity index (χ1v) is 11.2. The molecule has 31 heavy (non-hydrogen) atoms. The first kappa shape index (κ1) is 22.7. The Hall–Kier alpha value is -2.96. The predicted octanol–water partition coefficient (Wildman–Crippen LogP) is 5.90. The molecular formula is C24H24ClN3O2S. The highest BCUT2D eigenvalue weighted by Crippen LogP contribution is 2.29. The Bertz CT molecular complexity index is 1020. The van der Waals surface area contributed by atoms with Gasteiger partial charge in [-0.05, 0) is 53.9 Å². The lowest BCUT2D eigenvalue weighted by Crippen LogP contribution is -2.06. The largest absolute Gasteiger partial charge is 0.490 e. The van der Waals surface area contributed by atoms with Crippen LogP contribution < -0.4 is 15.2 Å². The molecule has 7 heteroatoms. The molecule has 0 radical (unpaired) electrons. The molecule has 3 rings (SSSR count). The van der Waals surface area contributed by atoms with Crippen molar-refractivity contribution in [2.75, 3.05) is 6.61 Å². The highest BCUT2D eigenvalue weighted by atomic mass is 35.5. The summed E-state index contributed by atoms with van der Waals surface area (Å²) in [6, 6.07) is 23.3. The third-order valence-corrected chi connectivity index (χ3v) is 5.27. The molecule has 160 valence electrons. The van der Waals surface area contributed by atoms with Crippen molar-refractivity contribution in [3.05, 3.63) is 94.5 Å². The van der Waals surface area contributed by atoms with E-state index in [1.807, 2.05) is 67.6 Å². The van der Waals surface area contributed by atoms with E-state index in [-0.39, 0.29) is 0 Å². The van der Waals surface area contributed by atoms with Gasteiger partial charge < -0.3 is 15.2 Å². The van der Waals surface area contributed by atoms with E-state index in [1.165, 1.54) is 17.3 Å². The van der Waals surface area contributed by atoms with Crippen molar-refractivity contribution in [2.45, 2.75) is 19.3 Å². The first-order chi connectivity index (χ1) is 15.1. The van der Waals surface area contributed by atoms with Gasteiger partial charge in [0.25, 0.3) is 0 Å². The number of hydrogen-bond acceptors (Lipinski definition) is 5. The van der Waals surface area contributed by atoms with Gasteiger partial charge >= 0.3 is 0 Å². The van der Waals surface area contributed by atoms with E-state index in [0.717, 1.165) is 16.9 Å². The fourth-order valence-electron chi connectivity index (χ4n) is 2.65. The van der Waals surface area contributed by atoms with Crippen LogP contribution in [0, 0.1) is 0 Å². The SMILES string of the molecule is CCOc1cc(C=NN=C(N)SCc2ccccc2)ccc1OCc1ccc(Cl)cc1. The van der Waals surface area contributed by atoms with Gasteiger partial charge in [-0.15, -0.1) is 5.10 Å². The van der Waals surface area contributed by atoms with Gasteiger partial charge in [0.05, 0.1) is 12.8 Å². The second kappa shape index (κ2) is 12.0. The quantitative estimate of drug-likeness (QED) is 0.249. The molecule has 0 fully saturated rings. The van der Waals surface area contributed by atoms with E-state index in [4.69, 9.17) is 26.8 Å². The van der Waals surface area contributed by atoms with Gasteiger partial charge in [-0.3, -0.25) is 0 Å². The van der Waals surface area contributed by atoms with Gasteiger partial charge in [-0.25, -0.2) is 0 Å².